The van der Waals surface area contributed by atoms with Crippen LogP contribution in [0.1, 0.15) is 39.5 Å². The second-order valence-corrected chi connectivity index (χ2v) is 5.60. The molecule has 0 saturated carbocycles. The van der Waals surface area contributed by atoms with Gasteiger partial charge in [0.2, 0.25) is 0 Å². The van der Waals surface area contributed by atoms with Gasteiger partial charge in [-0.25, -0.2) is 0 Å². The van der Waals surface area contributed by atoms with Crippen LogP contribution in [-0.4, -0.2) is 11.3 Å². The minimum absolute atomic E-state index is 0.0699. The molecule has 0 aromatic heterocycles. The molecule has 1 aliphatic rings. The monoisotopic (exact) mass is 239 g/mol. The summed E-state index contributed by atoms with van der Waals surface area (Å²) in [4.78, 5) is 12.8. The van der Waals surface area contributed by atoms with Crippen LogP contribution in [0.15, 0.2) is 23.6 Å². The lowest BCUT2D eigenvalue weighted by atomic mass is 9.93. The fourth-order valence-corrected chi connectivity index (χ4v) is 2.88. The Balaban J connectivity index is 2.46. The van der Waals surface area contributed by atoms with Gasteiger partial charge in [0.05, 0.1) is 0 Å². The molecule has 0 aliphatic heterocycles. The first kappa shape index (κ1) is 13.4. The minimum atomic E-state index is 0.0699. The third-order valence-electron chi connectivity index (χ3n) is 2.52. The zero-order chi connectivity index (χ0) is 12.0. The summed E-state index contributed by atoms with van der Waals surface area (Å²) in [6.07, 6.45) is 8.69. The first-order chi connectivity index (χ1) is 7.61. The van der Waals surface area contributed by atoms with Crippen molar-refractivity contribution in [2.75, 3.05) is 0 Å². The standard InChI is InChI=1S/C13H21NOS/c1-4-6-11-7-5-8-12(9-11)16-13(15)14-10(2)3/h4,9-11H,1,5-8H2,2-3H3,(H,14,15)/t11-/m1/s1. The van der Waals surface area contributed by atoms with Gasteiger partial charge >= 0.3 is 0 Å². The van der Waals surface area contributed by atoms with E-state index in [1.54, 1.807) is 0 Å². The summed E-state index contributed by atoms with van der Waals surface area (Å²) in [5.41, 5.74) is 0. The van der Waals surface area contributed by atoms with E-state index in [2.05, 4.69) is 18.0 Å². The van der Waals surface area contributed by atoms with Crippen LogP contribution in [0.3, 0.4) is 0 Å². The van der Waals surface area contributed by atoms with Crippen molar-refractivity contribution in [3.8, 4) is 0 Å². The molecule has 3 heteroatoms. The number of thioether (sulfide) groups is 1. The van der Waals surface area contributed by atoms with Crippen molar-refractivity contribution >= 4 is 17.0 Å². The maximum Gasteiger partial charge on any atom is 0.283 e. The van der Waals surface area contributed by atoms with Crippen molar-refractivity contribution in [3.63, 3.8) is 0 Å². The number of allylic oxidation sites excluding steroid dienone is 3. The van der Waals surface area contributed by atoms with E-state index < -0.39 is 0 Å². The Morgan fingerprint density at radius 1 is 1.75 bits per heavy atom. The topological polar surface area (TPSA) is 29.1 Å². The van der Waals surface area contributed by atoms with Crippen LogP contribution in [0, 0.1) is 5.92 Å². The second kappa shape index (κ2) is 6.79. The van der Waals surface area contributed by atoms with Gasteiger partial charge in [-0.15, -0.1) is 6.58 Å². The van der Waals surface area contributed by atoms with Crippen molar-refractivity contribution in [3.05, 3.63) is 23.6 Å². The molecule has 0 saturated heterocycles. The van der Waals surface area contributed by atoms with Gasteiger partial charge in [-0.2, -0.15) is 0 Å². The molecule has 0 heterocycles. The lowest BCUT2D eigenvalue weighted by Gasteiger charge is -2.19. The molecule has 0 aromatic rings. The molecule has 1 rings (SSSR count). The van der Waals surface area contributed by atoms with E-state index in [-0.39, 0.29) is 11.3 Å². The molecule has 90 valence electrons. The van der Waals surface area contributed by atoms with Crippen molar-refractivity contribution in [1.82, 2.24) is 5.32 Å². The molecule has 1 atom stereocenters. The summed E-state index contributed by atoms with van der Waals surface area (Å²) in [7, 11) is 0. The average Bonchev–Trinajstić information content (AvgIpc) is 2.17. The van der Waals surface area contributed by atoms with E-state index in [1.807, 2.05) is 19.9 Å². The van der Waals surface area contributed by atoms with Crippen molar-refractivity contribution in [2.45, 2.75) is 45.6 Å². The predicted octanol–water partition coefficient (Wildman–Crippen LogP) is 4.10. The van der Waals surface area contributed by atoms with Crippen LogP contribution < -0.4 is 5.32 Å². The van der Waals surface area contributed by atoms with Gasteiger partial charge in [-0.05, 0) is 62.1 Å². The molecule has 0 fully saturated rings. The molecule has 1 aliphatic carbocycles. The van der Waals surface area contributed by atoms with Crippen molar-refractivity contribution in [2.24, 2.45) is 5.92 Å². The summed E-state index contributed by atoms with van der Waals surface area (Å²) in [6, 6.07) is 0.216. The Kier molecular flexibility index (Phi) is 5.67. The number of rotatable bonds is 4. The summed E-state index contributed by atoms with van der Waals surface area (Å²) < 4.78 is 0. The van der Waals surface area contributed by atoms with Crippen LogP contribution >= 0.6 is 11.8 Å². The van der Waals surface area contributed by atoms with Gasteiger partial charge in [-0.3, -0.25) is 4.79 Å². The summed E-state index contributed by atoms with van der Waals surface area (Å²) in [6.45, 7) is 7.73. The zero-order valence-electron chi connectivity index (χ0n) is 10.2. The lowest BCUT2D eigenvalue weighted by molar-refractivity contribution is 0.259. The molecule has 2 nitrogen and oxygen atoms in total. The molecular formula is C13H21NOS. The average molecular weight is 239 g/mol. The number of amides is 1. The summed E-state index contributed by atoms with van der Waals surface area (Å²) in [5.74, 6) is 0.584. The van der Waals surface area contributed by atoms with Gasteiger partial charge in [0, 0.05) is 6.04 Å². The second-order valence-electron chi connectivity index (χ2n) is 4.50. The largest absolute Gasteiger partial charge is 0.345 e. The Morgan fingerprint density at radius 3 is 3.12 bits per heavy atom. The van der Waals surface area contributed by atoms with E-state index in [0.29, 0.717) is 5.92 Å². The van der Waals surface area contributed by atoms with Crippen molar-refractivity contribution < 1.29 is 4.79 Å². The van der Waals surface area contributed by atoms with Crippen LogP contribution in [0.5, 0.6) is 0 Å². The van der Waals surface area contributed by atoms with E-state index in [9.17, 15) is 4.79 Å². The van der Waals surface area contributed by atoms with Crippen LogP contribution in [0.2, 0.25) is 0 Å². The van der Waals surface area contributed by atoms with E-state index in [4.69, 9.17) is 0 Å². The predicted molar refractivity (Wildman–Crippen MR) is 71.5 cm³/mol. The molecular weight excluding hydrogens is 218 g/mol. The van der Waals surface area contributed by atoms with Gasteiger partial charge in [0.1, 0.15) is 0 Å². The zero-order valence-corrected chi connectivity index (χ0v) is 11.0. The summed E-state index contributed by atoms with van der Waals surface area (Å²) in [5, 5.41) is 2.97. The minimum Gasteiger partial charge on any atom is -0.345 e. The van der Waals surface area contributed by atoms with E-state index in [1.165, 1.54) is 29.5 Å². The fourth-order valence-electron chi connectivity index (χ4n) is 1.84. The lowest BCUT2D eigenvalue weighted by Crippen LogP contribution is -2.26. The Labute approximate surface area is 103 Å². The normalized spacial score (nSPS) is 20.4. The van der Waals surface area contributed by atoms with E-state index in [0.717, 1.165) is 12.8 Å². The molecule has 0 aromatic carbocycles. The van der Waals surface area contributed by atoms with Crippen molar-refractivity contribution in [1.29, 1.82) is 0 Å². The molecule has 0 bridgehead atoms. The van der Waals surface area contributed by atoms with Gasteiger partial charge < -0.3 is 5.32 Å². The van der Waals surface area contributed by atoms with E-state index >= 15 is 0 Å². The number of carbonyl (C=O) groups excluding carboxylic acids is 1. The molecule has 0 unspecified atom stereocenters. The quantitative estimate of drug-likeness (QED) is 0.748. The molecule has 1 amide bonds. The molecule has 0 spiro atoms. The highest BCUT2D eigenvalue weighted by Gasteiger charge is 2.15. The Bertz CT molecular complexity index is 284. The number of nitrogens with one attached hydrogen (secondary N) is 1. The highest BCUT2D eigenvalue weighted by atomic mass is 32.2. The maximum absolute atomic E-state index is 11.6. The van der Waals surface area contributed by atoms with Crippen LogP contribution in [-0.2, 0) is 0 Å². The van der Waals surface area contributed by atoms with Gasteiger partial charge in [-0.1, -0.05) is 12.2 Å². The third-order valence-corrected chi connectivity index (χ3v) is 3.43. The SMILES string of the molecule is C=CC[C@H]1C=C(SC(=O)NC(C)C)CCC1. The number of hydrogen-bond acceptors (Lipinski definition) is 2. The smallest absolute Gasteiger partial charge is 0.283 e. The highest BCUT2D eigenvalue weighted by molar-refractivity contribution is 8.16. The Hall–Kier alpha value is -0.700. The number of hydrogen-bond donors (Lipinski definition) is 1. The molecule has 0 radical (unpaired) electrons. The fraction of sp³-hybridized carbons (Fsp3) is 0.615. The maximum atomic E-state index is 11.6. The highest BCUT2D eigenvalue weighted by Crippen LogP contribution is 2.32. The first-order valence-electron chi connectivity index (χ1n) is 5.91. The Morgan fingerprint density at radius 2 is 2.50 bits per heavy atom. The van der Waals surface area contributed by atoms with Gasteiger partial charge in [0.15, 0.2) is 0 Å². The summed E-state index contributed by atoms with van der Waals surface area (Å²) >= 11 is 1.36. The first-order valence-corrected chi connectivity index (χ1v) is 6.73. The van der Waals surface area contributed by atoms with Gasteiger partial charge in [0.25, 0.3) is 5.24 Å². The molecule has 16 heavy (non-hydrogen) atoms. The number of carbonyl (C=O) groups is 1. The third kappa shape index (κ3) is 4.88. The van der Waals surface area contributed by atoms with Crippen LogP contribution in [0.4, 0.5) is 4.79 Å². The molecule has 1 N–H and O–H groups in total. The van der Waals surface area contributed by atoms with Crippen LogP contribution in [0.25, 0.3) is 0 Å².